The number of nitrogens with zero attached hydrogens (tertiary/aromatic N) is 1. The number of carbonyl (C=O) groups is 2. The van der Waals surface area contributed by atoms with Crippen LogP contribution in [0.1, 0.15) is 28.7 Å². The van der Waals surface area contributed by atoms with E-state index in [1.54, 1.807) is 19.1 Å². The summed E-state index contributed by atoms with van der Waals surface area (Å²) in [4.78, 5) is 40.7. The number of carbonyl (C=O) groups excluding carboxylic acids is 2. The molecule has 0 saturated heterocycles. The number of H-pyrrole nitrogens is 1. The number of aryl methyl sites for hydroxylation is 1. The zero-order valence-electron chi connectivity index (χ0n) is 17.1. The van der Waals surface area contributed by atoms with Crippen LogP contribution >= 0.6 is 12.4 Å². The maximum Gasteiger partial charge on any atom is 0.374 e. The van der Waals surface area contributed by atoms with Gasteiger partial charge in [0.05, 0.1) is 23.2 Å². The average Bonchev–Trinajstić information content (AvgIpc) is 2.74. The number of amides is 1. The van der Waals surface area contributed by atoms with Crippen molar-refractivity contribution in [3.63, 3.8) is 0 Å². The van der Waals surface area contributed by atoms with Gasteiger partial charge in [-0.2, -0.15) is 0 Å². The molecule has 9 nitrogen and oxygen atoms in total. The predicted octanol–water partition coefficient (Wildman–Crippen LogP) is 2.31. The molecular formula is C21H23ClN4O5. The van der Waals surface area contributed by atoms with Crippen molar-refractivity contribution in [3.8, 4) is 5.75 Å². The van der Waals surface area contributed by atoms with E-state index in [1.165, 1.54) is 0 Å². The van der Waals surface area contributed by atoms with Crippen LogP contribution < -0.4 is 21.3 Å². The first kappa shape index (κ1) is 23.8. The van der Waals surface area contributed by atoms with Gasteiger partial charge in [0.15, 0.2) is 6.61 Å². The third kappa shape index (κ3) is 5.80. The summed E-state index contributed by atoms with van der Waals surface area (Å²) in [6.45, 7) is 4.38. The number of hydrogen-bond acceptors (Lipinski definition) is 7. The molecule has 1 aliphatic rings. The van der Waals surface area contributed by atoms with Crippen LogP contribution in [0.5, 0.6) is 5.75 Å². The molecule has 31 heavy (non-hydrogen) atoms. The number of esters is 1. The third-order valence-corrected chi connectivity index (χ3v) is 4.24. The summed E-state index contributed by atoms with van der Waals surface area (Å²) >= 11 is 0. The van der Waals surface area contributed by atoms with Crippen molar-refractivity contribution in [2.75, 3.05) is 18.5 Å². The van der Waals surface area contributed by atoms with Gasteiger partial charge in [-0.25, -0.2) is 9.78 Å². The van der Waals surface area contributed by atoms with Gasteiger partial charge in [-0.15, -0.1) is 12.4 Å². The van der Waals surface area contributed by atoms with E-state index < -0.39 is 5.97 Å². The zero-order valence-corrected chi connectivity index (χ0v) is 17.9. The highest BCUT2D eigenvalue weighted by molar-refractivity contribution is 5.95. The Morgan fingerprint density at radius 3 is 2.71 bits per heavy atom. The fraction of sp³-hybridized carbons (Fsp3) is 0.238. The molecule has 3 aromatic rings. The van der Waals surface area contributed by atoms with Gasteiger partial charge in [-0.05, 0) is 43.7 Å². The Morgan fingerprint density at radius 2 is 2.00 bits per heavy atom. The lowest BCUT2D eigenvalue weighted by Crippen LogP contribution is -2.25. The summed E-state index contributed by atoms with van der Waals surface area (Å²) in [7, 11) is 0. The molecule has 0 unspecified atom stereocenters. The molecule has 10 heteroatoms. The predicted molar refractivity (Wildman–Crippen MR) is 119 cm³/mol. The number of halogens is 1. The average molecular weight is 447 g/mol. The number of anilines is 1. The van der Waals surface area contributed by atoms with Crippen LogP contribution in [0.3, 0.4) is 0 Å². The number of aromatic nitrogens is 2. The minimum atomic E-state index is -0.618. The van der Waals surface area contributed by atoms with Gasteiger partial charge < -0.3 is 25.5 Å². The molecule has 0 radical (unpaired) electrons. The van der Waals surface area contributed by atoms with E-state index in [4.69, 9.17) is 15.2 Å². The van der Waals surface area contributed by atoms with Crippen LogP contribution in [0.4, 0.5) is 5.69 Å². The summed E-state index contributed by atoms with van der Waals surface area (Å²) in [5.41, 5.74) is 8.27. The number of nitrogens with two attached hydrogens (primary N) is 1. The van der Waals surface area contributed by atoms with E-state index in [2.05, 4.69) is 15.3 Å². The Labute approximate surface area is 184 Å². The first-order valence-corrected chi connectivity index (χ1v) is 9.34. The number of benzene rings is 2. The maximum absolute atomic E-state index is 11.8. The van der Waals surface area contributed by atoms with E-state index in [9.17, 15) is 14.4 Å². The van der Waals surface area contributed by atoms with Gasteiger partial charge in [-0.3, -0.25) is 9.59 Å². The van der Waals surface area contributed by atoms with Crippen LogP contribution in [0.25, 0.3) is 10.9 Å². The molecule has 2 heterocycles. The van der Waals surface area contributed by atoms with Crippen LogP contribution in [0.15, 0.2) is 41.2 Å². The van der Waals surface area contributed by atoms with Gasteiger partial charge in [0.1, 0.15) is 5.75 Å². The fourth-order valence-electron chi connectivity index (χ4n) is 2.81. The molecule has 0 atom stereocenters. The van der Waals surface area contributed by atoms with Crippen molar-refractivity contribution in [1.82, 2.24) is 9.97 Å². The second-order valence-corrected chi connectivity index (χ2v) is 6.53. The van der Waals surface area contributed by atoms with Gasteiger partial charge in [0.25, 0.3) is 11.5 Å². The Balaban J connectivity index is 0.000000220. The smallest absolute Gasteiger partial charge is 0.374 e. The summed E-state index contributed by atoms with van der Waals surface area (Å²) in [6, 6.07) is 10.8. The summed E-state index contributed by atoms with van der Waals surface area (Å²) in [6.07, 6.45) is 0. The lowest BCUT2D eigenvalue weighted by molar-refractivity contribution is -0.118. The molecule has 0 fully saturated rings. The quantitative estimate of drug-likeness (QED) is 0.525. The lowest BCUT2D eigenvalue weighted by Gasteiger charge is -2.18. The van der Waals surface area contributed by atoms with Crippen molar-refractivity contribution in [2.24, 2.45) is 5.73 Å². The van der Waals surface area contributed by atoms with Gasteiger partial charge >= 0.3 is 5.97 Å². The normalized spacial score (nSPS) is 11.8. The highest BCUT2D eigenvalue weighted by Gasteiger charge is 2.15. The first-order valence-electron chi connectivity index (χ1n) is 9.34. The van der Waals surface area contributed by atoms with E-state index in [-0.39, 0.29) is 42.9 Å². The van der Waals surface area contributed by atoms with Gasteiger partial charge in [-0.1, -0.05) is 17.7 Å². The van der Waals surface area contributed by atoms with E-state index in [1.807, 2.05) is 31.2 Å². The summed E-state index contributed by atoms with van der Waals surface area (Å²) in [5, 5.41) is 3.19. The van der Waals surface area contributed by atoms with Crippen molar-refractivity contribution in [1.29, 1.82) is 0 Å². The molecule has 0 saturated carbocycles. The molecule has 1 aromatic heterocycles. The minimum absolute atomic E-state index is 0. The zero-order chi connectivity index (χ0) is 21.7. The highest BCUT2D eigenvalue weighted by Crippen LogP contribution is 2.28. The van der Waals surface area contributed by atoms with Crippen LogP contribution in [0, 0.1) is 6.92 Å². The minimum Gasteiger partial charge on any atom is -0.482 e. The first-order chi connectivity index (χ1) is 14.4. The Bertz CT molecular complexity index is 1160. The number of ether oxygens (including phenoxy) is 2. The third-order valence-electron chi connectivity index (χ3n) is 4.24. The molecule has 0 bridgehead atoms. The molecule has 0 spiro atoms. The monoisotopic (exact) mass is 446 g/mol. The second-order valence-electron chi connectivity index (χ2n) is 6.53. The molecule has 2 aromatic carbocycles. The summed E-state index contributed by atoms with van der Waals surface area (Å²) in [5.74, 6) is -0.0984. The van der Waals surface area contributed by atoms with Crippen molar-refractivity contribution in [3.05, 3.63) is 63.7 Å². The SMILES string of the molecule is CCOC(=O)c1nc2ccc(C)cc2c(=O)[nH]1.Cl.NCc1ccc2c(c1)NC(=O)CO2. The largest absolute Gasteiger partial charge is 0.482 e. The molecule has 1 aliphatic heterocycles. The van der Waals surface area contributed by atoms with E-state index >= 15 is 0 Å². The number of rotatable bonds is 3. The molecular weight excluding hydrogens is 424 g/mol. The fourth-order valence-corrected chi connectivity index (χ4v) is 2.81. The highest BCUT2D eigenvalue weighted by atomic mass is 35.5. The van der Waals surface area contributed by atoms with Gasteiger partial charge in [0.2, 0.25) is 5.82 Å². The number of fused-ring (bicyclic) bond motifs is 2. The Hall–Kier alpha value is -3.43. The van der Waals surface area contributed by atoms with Crippen LogP contribution in [-0.2, 0) is 16.1 Å². The van der Waals surface area contributed by atoms with E-state index in [0.717, 1.165) is 11.1 Å². The van der Waals surface area contributed by atoms with Crippen molar-refractivity contribution >= 4 is 40.9 Å². The van der Waals surface area contributed by atoms with Gasteiger partial charge in [0, 0.05) is 6.54 Å². The van der Waals surface area contributed by atoms with Crippen LogP contribution in [-0.4, -0.2) is 35.1 Å². The molecule has 1 amide bonds. The maximum atomic E-state index is 11.8. The standard InChI is InChI=1S/C12H12N2O3.C9H10N2O2.ClH/c1-3-17-12(16)10-13-9-5-4-7(2)6-8(9)11(15)14-10;10-4-6-1-2-8-7(3-6)11-9(12)5-13-8;/h4-6H,3H2,1-2H3,(H,13,14,15);1-3H,4-5,10H2,(H,11,12);1H. The summed E-state index contributed by atoms with van der Waals surface area (Å²) < 4.78 is 9.97. The lowest BCUT2D eigenvalue weighted by atomic mass is 10.1. The van der Waals surface area contributed by atoms with Crippen molar-refractivity contribution in [2.45, 2.75) is 20.4 Å². The number of nitrogens with one attached hydrogen (secondary N) is 2. The van der Waals surface area contributed by atoms with Crippen LogP contribution in [0.2, 0.25) is 0 Å². The van der Waals surface area contributed by atoms with Crippen molar-refractivity contribution < 1.29 is 19.1 Å². The molecule has 4 rings (SSSR count). The number of hydrogen-bond donors (Lipinski definition) is 3. The second kappa shape index (κ2) is 10.6. The Morgan fingerprint density at radius 1 is 1.23 bits per heavy atom. The van der Waals surface area contributed by atoms with E-state index in [0.29, 0.717) is 28.9 Å². The topological polar surface area (TPSA) is 136 Å². The Kier molecular flexibility index (Phi) is 8.12. The molecule has 0 aliphatic carbocycles. The molecule has 164 valence electrons. The number of aromatic amines is 1. The molecule has 4 N–H and O–H groups in total.